The van der Waals surface area contributed by atoms with Crippen LogP contribution in [0.4, 0.5) is 0 Å². The Labute approximate surface area is 146 Å². The maximum absolute atomic E-state index is 12.3. The highest BCUT2D eigenvalue weighted by Crippen LogP contribution is 2.41. The van der Waals surface area contributed by atoms with Crippen molar-refractivity contribution in [2.75, 3.05) is 5.75 Å². The minimum Gasteiger partial charge on any atom is -0.477 e. The molecule has 1 aromatic rings. The molecule has 2 aliphatic heterocycles. The molecule has 1 saturated heterocycles. The van der Waals surface area contributed by atoms with Crippen molar-refractivity contribution in [2.45, 2.75) is 17.5 Å². The lowest BCUT2D eigenvalue weighted by Gasteiger charge is -2.48. The molecule has 2 aliphatic rings. The summed E-state index contributed by atoms with van der Waals surface area (Å²) in [6.07, 6.45) is 0. The van der Waals surface area contributed by atoms with Crippen LogP contribution in [-0.4, -0.2) is 45.0 Å². The highest BCUT2D eigenvalue weighted by Gasteiger charge is 2.54. The molecule has 24 heavy (non-hydrogen) atoms. The summed E-state index contributed by atoms with van der Waals surface area (Å²) in [6.45, 7) is 0. The summed E-state index contributed by atoms with van der Waals surface area (Å²) < 4.78 is 0. The van der Waals surface area contributed by atoms with Crippen molar-refractivity contribution in [1.82, 2.24) is 10.2 Å². The Morgan fingerprint density at radius 1 is 1.38 bits per heavy atom. The number of hydrogen-bond donors (Lipinski definition) is 3. The topological polar surface area (TPSA) is 113 Å². The van der Waals surface area contributed by atoms with E-state index in [-0.39, 0.29) is 16.5 Å². The number of aliphatic carboxylic acids is 1. The van der Waals surface area contributed by atoms with E-state index in [1.165, 1.54) is 11.8 Å². The van der Waals surface area contributed by atoms with Crippen LogP contribution < -0.4 is 11.1 Å². The van der Waals surface area contributed by atoms with Crippen LogP contribution in [0.2, 0.25) is 0 Å². The number of carboxylic acids is 1. The van der Waals surface area contributed by atoms with E-state index in [0.717, 1.165) is 4.90 Å². The molecule has 9 heteroatoms. The molecule has 4 N–H and O–H groups in total. The van der Waals surface area contributed by atoms with Gasteiger partial charge in [0, 0.05) is 5.75 Å². The summed E-state index contributed by atoms with van der Waals surface area (Å²) in [5.74, 6) is -1.98. The van der Waals surface area contributed by atoms with Gasteiger partial charge in [0.1, 0.15) is 23.2 Å². The fourth-order valence-electron chi connectivity index (χ4n) is 2.64. The van der Waals surface area contributed by atoms with Gasteiger partial charge in [-0.05, 0) is 5.56 Å². The first-order valence-corrected chi connectivity index (χ1v) is 8.52. The van der Waals surface area contributed by atoms with Crippen molar-refractivity contribution in [1.29, 1.82) is 0 Å². The predicted molar refractivity (Wildman–Crippen MR) is 88.9 cm³/mol. The predicted octanol–water partition coefficient (Wildman–Crippen LogP) is 0.621. The smallest absolute Gasteiger partial charge is 0.353 e. The van der Waals surface area contributed by atoms with Crippen molar-refractivity contribution in [3.8, 4) is 0 Å². The lowest BCUT2D eigenvalue weighted by Crippen LogP contribution is -2.70. The second-order valence-corrected chi connectivity index (χ2v) is 6.90. The van der Waals surface area contributed by atoms with Gasteiger partial charge in [-0.25, -0.2) is 4.79 Å². The van der Waals surface area contributed by atoms with Crippen molar-refractivity contribution >= 4 is 41.1 Å². The third kappa shape index (κ3) is 2.77. The van der Waals surface area contributed by atoms with Gasteiger partial charge in [0.15, 0.2) is 0 Å². The minimum absolute atomic E-state index is 0.114. The van der Waals surface area contributed by atoms with Crippen LogP contribution in [0, 0.1) is 0 Å². The average molecular weight is 368 g/mol. The van der Waals surface area contributed by atoms with E-state index in [0.29, 0.717) is 5.56 Å². The third-order valence-electron chi connectivity index (χ3n) is 3.86. The molecule has 0 aromatic heterocycles. The minimum atomic E-state index is -1.26. The van der Waals surface area contributed by atoms with E-state index in [1.807, 2.05) is 6.07 Å². The Morgan fingerprint density at radius 2 is 2.04 bits per heavy atom. The van der Waals surface area contributed by atoms with Gasteiger partial charge in [0.05, 0.1) is 5.03 Å². The van der Waals surface area contributed by atoms with Crippen molar-refractivity contribution < 1.29 is 19.5 Å². The van der Waals surface area contributed by atoms with E-state index in [4.69, 9.17) is 17.3 Å². The van der Waals surface area contributed by atoms with Crippen LogP contribution in [0.5, 0.6) is 0 Å². The average Bonchev–Trinajstić information content (AvgIpc) is 2.59. The van der Waals surface area contributed by atoms with Gasteiger partial charge in [-0.15, -0.1) is 11.8 Å². The Hall–Kier alpha value is -2.03. The van der Waals surface area contributed by atoms with Crippen LogP contribution in [0.25, 0.3) is 0 Å². The summed E-state index contributed by atoms with van der Waals surface area (Å²) in [5.41, 5.74) is 6.32. The highest BCUT2D eigenvalue weighted by molar-refractivity contribution is 8.00. The van der Waals surface area contributed by atoms with Crippen LogP contribution in [0.15, 0.2) is 41.1 Å². The Balaban J connectivity index is 1.71. The van der Waals surface area contributed by atoms with Crippen molar-refractivity contribution in [3.63, 3.8) is 0 Å². The Kier molecular flexibility index (Phi) is 4.53. The summed E-state index contributed by atoms with van der Waals surface area (Å²) in [6, 6.07) is 7.07. The van der Waals surface area contributed by atoms with Crippen molar-refractivity contribution in [2.24, 2.45) is 5.73 Å². The standard InChI is InChI=1S/C15H14ClN3O4S/c16-8-6-24-14-10(13(21)19(14)11(8)15(22)23)18-12(20)9(17)7-4-2-1-3-5-7/h1-5,9-10,14H,6,17H2,(H,18,20)(H,22,23)/t9-,10-,14-/m0/s1. The largest absolute Gasteiger partial charge is 0.477 e. The molecule has 7 nitrogen and oxygen atoms in total. The number of fused-ring (bicyclic) bond motifs is 1. The zero-order valence-corrected chi connectivity index (χ0v) is 13.9. The number of halogens is 1. The summed E-state index contributed by atoms with van der Waals surface area (Å²) in [4.78, 5) is 36.9. The maximum atomic E-state index is 12.3. The summed E-state index contributed by atoms with van der Waals surface area (Å²) in [5, 5.41) is 11.4. The van der Waals surface area contributed by atoms with E-state index in [2.05, 4.69) is 5.32 Å². The number of β-lactam (4-membered cyclic amide) rings is 1. The number of nitrogens with zero attached hydrogens (tertiary/aromatic N) is 1. The first-order chi connectivity index (χ1) is 11.4. The number of carbonyl (C=O) groups excluding carboxylic acids is 2. The number of amides is 2. The van der Waals surface area contributed by atoms with Gasteiger partial charge in [-0.3, -0.25) is 14.5 Å². The fraction of sp³-hybridized carbons (Fsp3) is 0.267. The van der Waals surface area contributed by atoms with Gasteiger partial charge in [0.25, 0.3) is 5.91 Å². The zero-order chi connectivity index (χ0) is 17.4. The molecule has 2 heterocycles. The van der Waals surface area contributed by atoms with Gasteiger partial charge in [-0.2, -0.15) is 0 Å². The van der Waals surface area contributed by atoms with Gasteiger partial charge in [-0.1, -0.05) is 41.9 Å². The Morgan fingerprint density at radius 3 is 2.67 bits per heavy atom. The van der Waals surface area contributed by atoms with E-state index >= 15 is 0 Å². The number of carboxylic acid groups (broad SMARTS) is 1. The molecule has 1 aromatic carbocycles. The van der Waals surface area contributed by atoms with E-state index < -0.39 is 35.2 Å². The quantitative estimate of drug-likeness (QED) is 0.672. The van der Waals surface area contributed by atoms with Crippen molar-refractivity contribution in [3.05, 3.63) is 46.6 Å². The number of nitrogens with two attached hydrogens (primary N) is 1. The molecule has 3 rings (SSSR count). The SMILES string of the molecule is N[C@H](C(=O)N[C@H]1C(=O)N2C(C(=O)O)=C(Cl)CS[C@@H]12)c1ccccc1. The number of carbonyl (C=O) groups is 3. The zero-order valence-electron chi connectivity index (χ0n) is 12.3. The Bertz CT molecular complexity index is 739. The normalized spacial score (nSPS) is 24.1. The molecule has 1 fully saturated rings. The first-order valence-electron chi connectivity index (χ1n) is 7.09. The molecule has 126 valence electrons. The van der Waals surface area contributed by atoms with Gasteiger partial charge in [0.2, 0.25) is 5.91 Å². The number of thioether (sulfide) groups is 1. The molecule has 0 aliphatic carbocycles. The van der Waals surface area contributed by atoms with E-state index in [1.54, 1.807) is 24.3 Å². The number of nitrogens with one attached hydrogen (secondary N) is 1. The molecule has 0 saturated carbocycles. The number of hydrogen-bond acceptors (Lipinski definition) is 5. The second-order valence-electron chi connectivity index (χ2n) is 5.34. The molecule has 3 atom stereocenters. The molecular formula is C15H14ClN3O4S. The second kappa shape index (κ2) is 6.46. The lowest BCUT2D eigenvalue weighted by molar-refractivity contribution is -0.150. The lowest BCUT2D eigenvalue weighted by atomic mass is 10.0. The van der Waals surface area contributed by atoms with Crippen LogP contribution in [0.1, 0.15) is 11.6 Å². The fourth-order valence-corrected chi connectivity index (χ4v) is 4.19. The maximum Gasteiger partial charge on any atom is 0.353 e. The summed E-state index contributed by atoms with van der Waals surface area (Å²) >= 11 is 7.20. The van der Waals surface area contributed by atoms with Crippen LogP contribution >= 0.6 is 23.4 Å². The molecular weight excluding hydrogens is 354 g/mol. The molecule has 2 amide bonds. The molecule has 0 unspecified atom stereocenters. The molecule has 0 spiro atoms. The highest BCUT2D eigenvalue weighted by atomic mass is 35.5. The number of benzene rings is 1. The van der Waals surface area contributed by atoms with Crippen LogP contribution in [-0.2, 0) is 14.4 Å². The van der Waals surface area contributed by atoms with Gasteiger partial charge < -0.3 is 16.2 Å². The first kappa shape index (κ1) is 16.8. The van der Waals surface area contributed by atoms with Crippen LogP contribution in [0.3, 0.4) is 0 Å². The molecule has 0 radical (unpaired) electrons. The summed E-state index contributed by atoms with van der Waals surface area (Å²) in [7, 11) is 0. The van der Waals surface area contributed by atoms with E-state index in [9.17, 15) is 19.5 Å². The van der Waals surface area contributed by atoms with Gasteiger partial charge >= 0.3 is 5.97 Å². The molecule has 0 bridgehead atoms. The third-order valence-corrected chi connectivity index (χ3v) is 5.61. The number of rotatable bonds is 4. The monoisotopic (exact) mass is 367 g/mol.